The first-order valence-corrected chi connectivity index (χ1v) is 6.87. The summed E-state index contributed by atoms with van der Waals surface area (Å²) >= 11 is 2.00. The van der Waals surface area contributed by atoms with Crippen LogP contribution in [0.5, 0.6) is 11.6 Å². The molecule has 0 bridgehead atoms. The molecule has 0 spiro atoms. The van der Waals surface area contributed by atoms with Crippen LogP contribution in [0.2, 0.25) is 0 Å². The second kappa shape index (κ2) is 5.92. The number of nitrogens with two attached hydrogens (primary N) is 1. The van der Waals surface area contributed by atoms with Crippen LogP contribution in [-0.4, -0.2) is 9.55 Å². The Balaban J connectivity index is 2.46. The molecule has 0 saturated heterocycles. The average Bonchev–Trinajstić information content (AvgIpc) is 2.44. The van der Waals surface area contributed by atoms with Crippen molar-refractivity contribution < 1.29 is 4.74 Å². The van der Waals surface area contributed by atoms with Crippen LogP contribution in [0.3, 0.4) is 0 Å². The highest BCUT2D eigenvalue weighted by Crippen LogP contribution is 2.31. The van der Waals surface area contributed by atoms with Gasteiger partial charge < -0.3 is 15.0 Å². The molecule has 0 atom stereocenters. The van der Waals surface area contributed by atoms with Crippen molar-refractivity contribution in [1.29, 1.82) is 5.26 Å². The third kappa shape index (κ3) is 2.75. The Kier molecular flexibility index (Phi) is 4.24. The highest BCUT2D eigenvalue weighted by molar-refractivity contribution is 14.1. The molecule has 20 heavy (non-hydrogen) atoms. The minimum Gasteiger partial charge on any atom is -0.431 e. The summed E-state index contributed by atoms with van der Waals surface area (Å²) in [6.07, 6.45) is 3.08. The predicted molar refractivity (Wildman–Crippen MR) is 82.5 cm³/mol. The Morgan fingerprint density at radius 1 is 1.55 bits per heavy atom. The molecule has 2 aromatic rings. The third-order valence-corrected chi connectivity index (χ3v) is 3.42. The van der Waals surface area contributed by atoms with Crippen LogP contribution in [-0.2, 0) is 6.54 Å². The molecule has 1 aromatic heterocycles. The van der Waals surface area contributed by atoms with Crippen molar-refractivity contribution in [2.24, 2.45) is 0 Å². The fourth-order valence-electron chi connectivity index (χ4n) is 1.63. The number of benzene rings is 1. The molecule has 2 rings (SSSR count). The lowest BCUT2D eigenvalue weighted by molar-refractivity contribution is 0.445. The van der Waals surface area contributed by atoms with Crippen LogP contribution in [0, 0.1) is 14.9 Å². The molecule has 1 heterocycles. The maximum Gasteiger partial charge on any atom is 0.313 e. The molecule has 0 unspecified atom stereocenters. The van der Waals surface area contributed by atoms with Crippen molar-refractivity contribution >= 4 is 28.3 Å². The molecule has 0 aliphatic heterocycles. The van der Waals surface area contributed by atoms with E-state index in [1.165, 1.54) is 16.8 Å². The van der Waals surface area contributed by atoms with E-state index in [9.17, 15) is 4.79 Å². The summed E-state index contributed by atoms with van der Waals surface area (Å²) in [5, 5.41) is 8.86. The van der Waals surface area contributed by atoms with Gasteiger partial charge in [-0.15, -0.1) is 0 Å². The number of hydrogen-bond donors (Lipinski definition) is 1. The molecule has 0 fully saturated rings. The van der Waals surface area contributed by atoms with Crippen LogP contribution in [0.1, 0.15) is 12.5 Å². The summed E-state index contributed by atoms with van der Waals surface area (Å²) in [7, 11) is 0. The van der Waals surface area contributed by atoms with Gasteiger partial charge in [0.25, 0.3) is 5.88 Å². The van der Waals surface area contributed by atoms with Gasteiger partial charge in [-0.3, -0.25) is 4.79 Å². The van der Waals surface area contributed by atoms with Gasteiger partial charge in [-0.25, -0.2) is 4.98 Å². The van der Waals surface area contributed by atoms with E-state index in [2.05, 4.69) is 4.98 Å². The van der Waals surface area contributed by atoms with Gasteiger partial charge in [0.2, 0.25) is 0 Å². The number of aromatic nitrogens is 2. The van der Waals surface area contributed by atoms with E-state index in [1.807, 2.05) is 35.6 Å². The number of nitriles is 1. The lowest BCUT2D eigenvalue weighted by Gasteiger charge is -2.10. The Bertz CT molecular complexity index is 726. The number of nitrogens with zero attached hydrogens (tertiary/aromatic N) is 3. The first kappa shape index (κ1) is 14.3. The second-order valence-corrected chi connectivity index (χ2v) is 5.08. The molecular formula is C13H11IN4O2. The SMILES string of the molecule is CCn1ccnc(Oc2c(N)cc(C#N)cc2I)c1=O. The molecule has 0 aliphatic carbocycles. The Morgan fingerprint density at radius 3 is 2.90 bits per heavy atom. The fourth-order valence-corrected chi connectivity index (χ4v) is 2.39. The summed E-state index contributed by atoms with van der Waals surface area (Å²) in [6.45, 7) is 2.38. The number of ether oxygens (including phenoxy) is 1. The van der Waals surface area contributed by atoms with Gasteiger partial charge in [0.15, 0.2) is 5.75 Å². The van der Waals surface area contributed by atoms with Crippen molar-refractivity contribution in [2.45, 2.75) is 13.5 Å². The Hall–Kier alpha value is -2.08. The molecule has 6 nitrogen and oxygen atoms in total. The van der Waals surface area contributed by atoms with E-state index < -0.39 is 0 Å². The lowest BCUT2D eigenvalue weighted by Crippen LogP contribution is -2.20. The largest absolute Gasteiger partial charge is 0.431 e. The first-order chi connectivity index (χ1) is 9.56. The number of aryl methyl sites for hydroxylation is 1. The smallest absolute Gasteiger partial charge is 0.313 e. The summed E-state index contributed by atoms with van der Waals surface area (Å²) < 4.78 is 7.65. The molecule has 1 aromatic carbocycles. The van der Waals surface area contributed by atoms with E-state index in [-0.39, 0.29) is 11.4 Å². The molecule has 0 amide bonds. The van der Waals surface area contributed by atoms with E-state index in [0.717, 1.165) is 0 Å². The lowest BCUT2D eigenvalue weighted by atomic mass is 10.2. The molecule has 0 saturated carbocycles. The normalized spacial score (nSPS) is 10.1. The van der Waals surface area contributed by atoms with Gasteiger partial charge in [-0.1, -0.05) is 0 Å². The Morgan fingerprint density at radius 2 is 2.30 bits per heavy atom. The van der Waals surface area contributed by atoms with E-state index in [1.54, 1.807) is 12.3 Å². The number of hydrogen-bond acceptors (Lipinski definition) is 5. The van der Waals surface area contributed by atoms with Crippen LogP contribution in [0.4, 0.5) is 5.69 Å². The zero-order valence-electron chi connectivity index (χ0n) is 10.6. The standard InChI is InChI=1S/C13H11IN4O2/c1-2-18-4-3-17-12(13(18)19)20-11-9(14)5-8(7-15)6-10(11)16/h3-6H,2,16H2,1H3. The zero-order valence-corrected chi connectivity index (χ0v) is 12.8. The molecule has 7 heteroatoms. The van der Waals surface area contributed by atoms with Gasteiger partial charge in [0.05, 0.1) is 20.9 Å². The van der Waals surface area contributed by atoms with E-state index in [0.29, 0.717) is 27.1 Å². The fraction of sp³-hybridized carbons (Fsp3) is 0.154. The van der Waals surface area contributed by atoms with E-state index >= 15 is 0 Å². The minimum absolute atomic E-state index is 0.0383. The van der Waals surface area contributed by atoms with E-state index in [4.69, 9.17) is 15.7 Å². The molecule has 0 radical (unpaired) electrons. The maximum absolute atomic E-state index is 12.0. The van der Waals surface area contributed by atoms with Crippen LogP contribution in [0.15, 0.2) is 29.3 Å². The van der Waals surface area contributed by atoms with Gasteiger partial charge in [0.1, 0.15) is 0 Å². The maximum atomic E-state index is 12.0. The molecule has 2 N–H and O–H groups in total. The van der Waals surface area contributed by atoms with Gasteiger partial charge in [-0.2, -0.15) is 5.26 Å². The Labute approximate surface area is 129 Å². The topological polar surface area (TPSA) is 93.9 Å². The third-order valence-electron chi connectivity index (χ3n) is 2.62. The first-order valence-electron chi connectivity index (χ1n) is 5.79. The minimum atomic E-state index is -0.324. The summed E-state index contributed by atoms with van der Waals surface area (Å²) in [4.78, 5) is 16.0. The van der Waals surface area contributed by atoms with Crippen molar-refractivity contribution in [3.8, 4) is 17.7 Å². The van der Waals surface area contributed by atoms with Crippen LogP contribution in [0.25, 0.3) is 0 Å². The van der Waals surface area contributed by atoms with Crippen molar-refractivity contribution in [1.82, 2.24) is 9.55 Å². The number of halogens is 1. The van der Waals surface area contributed by atoms with Crippen LogP contribution >= 0.6 is 22.6 Å². The predicted octanol–water partition coefficient (Wildman–Crippen LogP) is 2.11. The second-order valence-electron chi connectivity index (χ2n) is 3.91. The number of anilines is 1. The van der Waals surface area contributed by atoms with Crippen molar-refractivity contribution in [3.63, 3.8) is 0 Å². The monoisotopic (exact) mass is 382 g/mol. The number of rotatable bonds is 3. The van der Waals surface area contributed by atoms with Gasteiger partial charge in [-0.05, 0) is 41.6 Å². The van der Waals surface area contributed by atoms with Gasteiger partial charge >= 0.3 is 5.56 Å². The summed E-state index contributed by atoms with van der Waals surface area (Å²) in [6, 6.07) is 5.14. The molecule has 102 valence electrons. The molecular weight excluding hydrogens is 371 g/mol. The highest BCUT2D eigenvalue weighted by Gasteiger charge is 2.13. The van der Waals surface area contributed by atoms with Crippen molar-refractivity contribution in [3.05, 3.63) is 44.0 Å². The highest BCUT2D eigenvalue weighted by atomic mass is 127. The molecule has 0 aliphatic rings. The number of nitrogen functional groups attached to an aromatic ring is 1. The summed E-state index contributed by atoms with van der Waals surface area (Å²) in [5.41, 5.74) is 6.25. The van der Waals surface area contributed by atoms with Crippen LogP contribution < -0.4 is 16.0 Å². The zero-order chi connectivity index (χ0) is 14.7. The van der Waals surface area contributed by atoms with Gasteiger partial charge in [0, 0.05) is 18.9 Å². The quantitative estimate of drug-likeness (QED) is 0.648. The summed E-state index contributed by atoms with van der Waals surface area (Å²) in [5.74, 6) is 0.298. The average molecular weight is 382 g/mol. The van der Waals surface area contributed by atoms with Crippen molar-refractivity contribution in [2.75, 3.05) is 5.73 Å².